The second-order valence-electron chi connectivity index (χ2n) is 4.53. The quantitative estimate of drug-likeness (QED) is 0.730. The lowest BCUT2D eigenvalue weighted by molar-refractivity contribution is 0.580. The molecule has 0 spiro atoms. The van der Waals surface area contributed by atoms with E-state index < -0.39 is 10.0 Å². The molecule has 2 rings (SSSR count). The van der Waals surface area contributed by atoms with Gasteiger partial charge in [-0.3, -0.25) is 0 Å². The summed E-state index contributed by atoms with van der Waals surface area (Å²) in [6.07, 6.45) is 3.81. The lowest BCUT2D eigenvalue weighted by Crippen LogP contribution is -2.26. The molecule has 0 unspecified atom stereocenters. The zero-order valence-corrected chi connectivity index (χ0v) is 12.1. The van der Waals surface area contributed by atoms with Crippen LogP contribution in [0.2, 0.25) is 0 Å². The van der Waals surface area contributed by atoms with E-state index in [1.807, 2.05) is 0 Å². The molecule has 0 aliphatic rings. The molecule has 0 aliphatic heterocycles. The Morgan fingerprint density at radius 2 is 2.20 bits per heavy atom. The molecule has 0 fully saturated rings. The molecule has 20 heavy (non-hydrogen) atoms. The second kappa shape index (κ2) is 6.17. The molecule has 0 saturated carbocycles. The fourth-order valence-electron chi connectivity index (χ4n) is 1.96. The van der Waals surface area contributed by atoms with Gasteiger partial charge in [0.25, 0.3) is 0 Å². The molecule has 0 bridgehead atoms. The van der Waals surface area contributed by atoms with Crippen molar-refractivity contribution in [3.63, 3.8) is 0 Å². The van der Waals surface area contributed by atoms with Crippen molar-refractivity contribution >= 4 is 10.0 Å². The van der Waals surface area contributed by atoms with Gasteiger partial charge in [0.2, 0.25) is 10.0 Å². The van der Waals surface area contributed by atoms with Gasteiger partial charge in [0.1, 0.15) is 0 Å². The van der Waals surface area contributed by atoms with Gasteiger partial charge in [-0.1, -0.05) is 12.1 Å². The van der Waals surface area contributed by atoms with Crippen LogP contribution >= 0.6 is 0 Å². The van der Waals surface area contributed by atoms with Crippen LogP contribution in [-0.4, -0.2) is 24.9 Å². The Balaban J connectivity index is 2.06. The van der Waals surface area contributed by atoms with Gasteiger partial charge in [0, 0.05) is 31.4 Å². The fourth-order valence-corrected chi connectivity index (χ4v) is 3.22. The Morgan fingerprint density at radius 3 is 2.80 bits per heavy atom. The molecule has 108 valence electrons. The SMILES string of the molecule is Cc1cc(CN)ccc1S(=O)(=O)NCCc1cnc[nH]1. The van der Waals surface area contributed by atoms with Gasteiger partial charge in [-0.25, -0.2) is 18.1 Å². The first kappa shape index (κ1) is 14.7. The first-order valence-corrected chi connectivity index (χ1v) is 7.78. The third kappa shape index (κ3) is 3.44. The summed E-state index contributed by atoms with van der Waals surface area (Å²) in [4.78, 5) is 7.10. The molecule has 1 aromatic carbocycles. The van der Waals surface area contributed by atoms with Gasteiger partial charge in [-0.05, 0) is 24.1 Å². The first-order valence-electron chi connectivity index (χ1n) is 6.29. The number of aryl methyl sites for hydroxylation is 1. The van der Waals surface area contributed by atoms with E-state index in [1.54, 1.807) is 37.6 Å². The van der Waals surface area contributed by atoms with E-state index in [1.165, 1.54) is 0 Å². The van der Waals surface area contributed by atoms with Crippen molar-refractivity contribution in [2.75, 3.05) is 6.54 Å². The van der Waals surface area contributed by atoms with Crippen molar-refractivity contribution in [2.45, 2.75) is 24.8 Å². The standard InChI is InChI=1S/C13H18N4O2S/c1-10-6-11(7-14)2-3-13(10)20(18,19)17-5-4-12-8-15-9-16-12/h2-3,6,8-9,17H,4-5,7,14H2,1H3,(H,15,16). The van der Waals surface area contributed by atoms with Crippen molar-refractivity contribution in [3.05, 3.63) is 47.5 Å². The highest BCUT2D eigenvalue weighted by atomic mass is 32.2. The van der Waals surface area contributed by atoms with Crippen LogP contribution in [0.1, 0.15) is 16.8 Å². The number of aromatic nitrogens is 2. The van der Waals surface area contributed by atoms with Gasteiger partial charge >= 0.3 is 0 Å². The third-order valence-electron chi connectivity index (χ3n) is 3.01. The minimum Gasteiger partial charge on any atom is -0.348 e. The maximum absolute atomic E-state index is 12.2. The van der Waals surface area contributed by atoms with Crippen molar-refractivity contribution in [1.29, 1.82) is 0 Å². The van der Waals surface area contributed by atoms with E-state index in [9.17, 15) is 8.42 Å². The monoisotopic (exact) mass is 294 g/mol. The van der Waals surface area contributed by atoms with Gasteiger partial charge in [-0.2, -0.15) is 0 Å². The molecule has 4 N–H and O–H groups in total. The molecular formula is C13H18N4O2S. The largest absolute Gasteiger partial charge is 0.348 e. The van der Waals surface area contributed by atoms with Gasteiger partial charge in [0.05, 0.1) is 11.2 Å². The number of nitrogens with two attached hydrogens (primary N) is 1. The molecule has 1 aromatic heterocycles. The Hall–Kier alpha value is -1.70. The van der Waals surface area contributed by atoms with Crippen LogP contribution in [0.3, 0.4) is 0 Å². The van der Waals surface area contributed by atoms with E-state index in [0.717, 1.165) is 11.3 Å². The van der Waals surface area contributed by atoms with Crippen LogP contribution in [0.5, 0.6) is 0 Å². The Bertz CT molecular complexity index is 666. The number of sulfonamides is 1. The number of benzene rings is 1. The predicted molar refractivity (Wildman–Crippen MR) is 76.6 cm³/mol. The summed E-state index contributed by atoms with van der Waals surface area (Å²) in [6.45, 7) is 2.49. The first-order chi connectivity index (χ1) is 9.53. The minimum atomic E-state index is -3.49. The lowest BCUT2D eigenvalue weighted by Gasteiger charge is -2.10. The number of rotatable bonds is 6. The van der Waals surface area contributed by atoms with E-state index in [2.05, 4.69) is 14.7 Å². The molecule has 1 heterocycles. The lowest BCUT2D eigenvalue weighted by atomic mass is 10.1. The van der Waals surface area contributed by atoms with E-state index in [0.29, 0.717) is 30.0 Å². The summed E-state index contributed by atoms with van der Waals surface area (Å²) in [5.41, 5.74) is 8.04. The van der Waals surface area contributed by atoms with Crippen molar-refractivity contribution in [3.8, 4) is 0 Å². The molecule has 0 saturated heterocycles. The van der Waals surface area contributed by atoms with Crippen LogP contribution in [0, 0.1) is 6.92 Å². The van der Waals surface area contributed by atoms with E-state index >= 15 is 0 Å². The van der Waals surface area contributed by atoms with E-state index in [-0.39, 0.29) is 0 Å². The molecule has 7 heteroatoms. The summed E-state index contributed by atoms with van der Waals surface area (Å²) in [5, 5.41) is 0. The number of nitrogens with one attached hydrogen (secondary N) is 2. The molecule has 0 amide bonds. The number of aromatic amines is 1. The maximum atomic E-state index is 12.2. The summed E-state index contributed by atoms with van der Waals surface area (Å²) >= 11 is 0. The van der Waals surface area contributed by atoms with Gasteiger partial charge < -0.3 is 10.7 Å². The van der Waals surface area contributed by atoms with E-state index in [4.69, 9.17) is 5.73 Å². The normalized spacial score (nSPS) is 11.7. The number of H-pyrrole nitrogens is 1. The summed E-state index contributed by atoms with van der Waals surface area (Å²) in [5.74, 6) is 0. The van der Waals surface area contributed by atoms with Crippen LogP contribution in [0.25, 0.3) is 0 Å². The fraction of sp³-hybridized carbons (Fsp3) is 0.308. The topological polar surface area (TPSA) is 101 Å². The zero-order chi connectivity index (χ0) is 14.6. The van der Waals surface area contributed by atoms with Crippen molar-refractivity contribution < 1.29 is 8.42 Å². The summed E-state index contributed by atoms with van der Waals surface area (Å²) in [7, 11) is -3.49. The van der Waals surface area contributed by atoms with Crippen molar-refractivity contribution in [2.24, 2.45) is 5.73 Å². The Kier molecular flexibility index (Phi) is 4.53. The second-order valence-corrected chi connectivity index (χ2v) is 6.26. The number of hydrogen-bond donors (Lipinski definition) is 3. The number of hydrogen-bond acceptors (Lipinski definition) is 4. The number of nitrogens with zero attached hydrogens (tertiary/aromatic N) is 1. The Labute approximate surface area is 118 Å². The smallest absolute Gasteiger partial charge is 0.240 e. The minimum absolute atomic E-state index is 0.291. The highest BCUT2D eigenvalue weighted by Crippen LogP contribution is 2.16. The van der Waals surface area contributed by atoms with Crippen LogP contribution in [0.4, 0.5) is 0 Å². The average Bonchev–Trinajstić information content (AvgIpc) is 2.91. The summed E-state index contributed by atoms with van der Waals surface area (Å²) < 4.78 is 27.0. The van der Waals surface area contributed by atoms with Gasteiger partial charge in [-0.15, -0.1) is 0 Å². The van der Waals surface area contributed by atoms with Crippen LogP contribution in [-0.2, 0) is 23.0 Å². The third-order valence-corrected chi connectivity index (χ3v) is 4.63. The zero-order valence-electron chi connectivity index (χ0n) is 11.3. The Morgan fingerprint density at radius 1 is 1.40 bits per heavy atom. The van der Waals surface area contributed by atoms with Crippen LogP contribution in [0.15, 0.2) is 35.6 Å². The maximum Gasteiger partial charge on any atom is 0.240 e. The van der Waals surface area contributed by atoms with Gasteiger partial charge in [0.15, 0.2) is 0 Å². The van der Waals surface area contributed by atoms with Crippen molar-refractivity contribution in [1.82, 2.24) is 14.7 Å². The molecule has 0 atom stereocenters. The predicted octanol–water partition coefficient (Wildman–Crippen LogP) is 0.698. The molecule has 0 radical (unpaired) electrons. The highest BCUT2D eigenvalue weighted by molar-refractivity contribution is 7.89. The van der Waals surface area contributed by atoms with Crippen LogP contribution < -0.4 is 10.5 Å². The average molecular weight is 294 g/mol. The molecule has 6 nitrogen and oxygen atoms in total. The molecule has 0 aliphatic carbocycles. The molecular weight excluding hydrogens is 276 g/mol. The number of imidazole rings is 1. The highest BCUT2D eigenvalue weighted by Gasteiger charge is 2.16. The molecule has 2 aromatic rings. The summed E-state index contributed by atoms with van der Waals surface area (Å²) in [6, 6.07) is 5.12.